The van der Waals surface area contributed by atoms with Crippen molar-refractivity contribution in [2.45, 2.75) is 0 Å². The van der Waals surface area contributed by atoms with E-state index in [-0.39, 0.29) is 11.4 Å². The van der Waals surface area contributed by atoms with Crippen LogP contribution in [0.4, 0.5) is 4.79 Å². The summed E-state index contributed by atoms with van der Waals surface area (Å²) in [6.07, 6.45) is 4.75. The number of nitrogens with zero attached hydrogens (tertiary/aromatic N) is 2. The molecule has 0 aromatic carbocycles. The summed E-state index contributed by atoms with van der Waals surface area (Å²) in [7, 11) is 1.20. The molecule has 6 nitrogen and oxygen atoms in total. The van der Waals surface area contributed by atoms with Crippen LogP contribution in [0.5, 0.6) is 0 Å². The zero-order valence-corrected chi connectivity index (χ0v) is 10.8. The molecule has 1 aliphatic heterocycles. The van der Waals surface area contributed by atoms with Crippen molar-refractivity contribution in [3.63, 3.8) is 0 Å². The van der Waals surface area contributed by atoms with Crippen molar-refractivity contribution in [2.24, 2.45) is 0 Å². The van der Waals surface area contributed by atoms with Gasteiger partial charge in [0, 0.05) is 12.4 Å². The fraction of sp³-hybridized carbons (Fsp3) is 0.167. The molecule has 2 rings (SSSR count). The van der Waals surface area contributed by atoms with Gasteiger partial charge in [-0.2, -0.15) is 0 Å². The highest BCUT2D eigenvalue weighted by Crippen LogP contribution is 2.31. The quantitative estimate of drug-likeness (QED) is 0.612. The van der Waals surface area contributed by atoms with Gasteiger partial charge in [0.25, 0.3) is 11.1 Å². The maximum absolute atomic E-state index is 12.0. The number of carbonyl (C=O) groups excluding carboxylic acids is 3. The number of rotatable bonds is 3. The van der Waals surface area contributed by atoms with Gasteiger partial charge in [0.05, 0.1) is 12.0 Å². The van der Waals surface area contributed by atoms with Crippen molar-refractivity contribution in [3.05, 3.63) is 35.0 Å². The smallest absolute Gasteiger partial charge is 0.325 e. The van der Waals surface area contributed by atoms with E-state index in [1.54, 1.807) is 30.6 Å². The lowest BCUT2D eigenvalue weighted by molar-refractivity contribution is -0.143. The monoisotopic (exact) mass is 278 g/mol. The second-order valence-electron chi connectivity index (χ2n) is 3.63. The van der Waals surface area contributed by atoms with Crippen molar-refractivity contribution < 1.29 is 19.1 Å². The number of imide groups is 1. The van der Waals surface area contributed by atoms with E-state index < -0.39 is 17.1 Å². The minimum absolute atomic E-state index is 0.266. The molecule has 0 unspecified atom stereocenters. The second-order valence-corrected chi connectivity index (χ2v) is 4.62. The van der Waals surface area contributed by atoms with Gasteiger partial charge in [0.2, 0.25) is 0 Å². The molecule has 1 saturated heterocycles. The van der Waals surface area contributed by atoms with E-state index in [1.165, 1.54) is 7.11 Å². The van der Waals surface area contributed by atoms with Crippen molar-refractivity contribution in [2.75, 3.05) is 13.7 Å². The van der Waals surface area contributed by atoms with Gasteiger partial charge in [-0.25, -0.2) is 0 Å². The van der Waals surface area contributed by atoms with Crippen molar-refractivity contribution >= 4 is 35.0 Å². The predicted octanol–water partition coefficient (Wildman–Crippen LogP) is 1.29. The summed E-state index contributed by atoms with van der Waals surface area (Å²) in [6, 6.07) is 3.49. The standard InChI is InChI=1S/C12H10N2O4S/c1-18-10(15)7-14-11(16)9(19-12(14)17)5-8-3-2-4-13-6-8/h2-6H,7H2,1H3/b9-5+. The zero-order chi connectivity index (χ0) is 13.8. The number of ether oxygens (including phenoxy) is 1. The highest BCUT2D eigenvalue weighted by atomic mass is 32.2. The van der Waals surface area contributed by atoms with Crippen LogP contribution in [0.1, 0.15) is 5.56 Å². The molecule has 1 aromatic rings. The number of aromatic nitrogens is 1. The Bertz CT molecular complexity index is 556. The van der Waals surface area contributed by atoms with Crippen LogP contribution < -0.4 is 0 Å². The Morgan fingerprint density at radius 3 is 2.95 bits per heavy atom. The Kier molecular flexibility index (Phi) is 3.96. The minimum Gasteiger partial charge on any atom is -0.468 e. The molecule has 2 heterocycles. The number of amides is 2. The maximum Gasteiger partial charge on any atom is 0.325 e. The Hall–Kier alpha value is -2.15. The largest absolute Gasteiger partial charge is 0.468 e. The first-order chi connectivity index (χ1) is 9.11. The van der Waals surface area contributed by atoms with Gasteiger partial charge in [-0.3, -0.25) is 24.3 Å². The average molecular weight is 278 g/mol. The summed E-state index contributed by atoms with van der Waals surface area (Å²) < 4.78 is 4.44. The lowest BCUT2D eigenvalue weighted by Crippen LogP contribution is -2.34. The summed E-state index contributed by atoms with van der Waals surface area (Å²) in [4.78, 5) is 39.8. The number of pyridine rings is 1. The van der Waals surface area contributed by atoms with E-state index in [0.717, 1.165) is 16.7 Å². The third kappa shape index (κ3) is 3.00. The van der Waals surface area contributed by atoms with Crippen LogP contribution in [-0.2, 0) is 14.3 Å². The molecule has 0 N–H and O–H groups in total. The molecule has 1 aliphatic rings. The van der Waals surface area contributed by atoms with Crippen LogP contribution in [0, 0.1) is 0 Å². The molecular formula is C12H10N2O4S. The second kappa shape index (κ2) is 5.66. The van der Waals surface area contributed by atoms with Crippen LogP contribution in [-0.4, -0.2) is 40.7 Å². The molecule has 0 radical (unpaired) electrons. The molecule has 19 heavy (non-hydrogen) atoms. The van der Waals surface area contributed by atoms with E-state index in [9.17, 15) is 14.4 Å². The van der Waals surface area contributed by atoms with E-state index >= 15 is 0 Å². The van der Waals surface area contributed by atoms with Crippen molar-refractivity contribution in [1.29, 1.82) is 0 Å². The molecule has 2 amide bonds. The summed E-state index contributed by atoms with van der Waals surface area (Å²) in [5.74, 6) is -1.13. The zero-order valence-electron chi connectivity index (χ0n) is 10.0. The molecular weight excluding hydrogens is 268 g/mol. The van der Waals surface area contributed by atoms with Crippen molar-refractivity contribution in [1.82, 2.24) is 9.88 Å². The Morgan fingerprint density at radius 1 is 1.53 bits per heavy atom. The van der Waals surface area contributed by atoms with Crippen LogP contribution >= 0.6 is 11.8 Å². The maximum atomic E-state index is 12.0. The number of thioether (sulfide) groups is 1. The number of carbonyl (C=O) groups is 3. The number of methoxy groups -OCH3 is 1. The van der Waals surface area contributed by atoms with Gasteiger partial charge in [0.1, 0.15) is 6.54 Å². The van der Waals surface area contributed by atoms with Gasteiger partial charge < -0.3 is 4.74 Å². The Morgan fingerprint density at radius 2 is 2.32 bits per heavy atom. The normalized spacial score (nSPS) is 17.1. The Labute approximate surface area is 113 Å². The summed E-state index contributed by atoms with van der Waals surface area (Å²) in [5.41, 5.74) is 0.714. The molecule has 0 saturated carbocycles. The number of hydrogen-bond acceptors (Lipinski definition) is 6. The first kappa shape index (κ1) is 13.3. The molecule has 7 heteroatoms. The SMILES string of the molecule is COC(=O)CN1C(=O)S/C(=C/c2cccnc2)C1=O. The molecule has 1 fully saturated rings. The minimum atomic E-state index is -0.634. The fourth-order valence-electron chi connectivity index (χ4n) is 1.44. The van der Waals surface area contributed by atoms with Crippen LogP contribution in [0.2, 0.25) is 0 Å². The first-order valence-corrected chi connectivity index (χ1v) is 6.15. The van der Waals surface area contributed by atoms with Gasteiger partial charge in [-0.1, -0.05) is 6.07 Å². The molecule has 0 aliphatic carbocycles. The molecule has 0 bridgehead atoms. The molecule has 0 atom stereocenters. The van der Waals surface area contributed by atoms with E-state index in [2.05, 4.69) is 9.72 Å². The summed E-state index contributed by atoms with van der Waals surface area (Å²) in [5, 5.41) is -0.481. The van der Waals surface area contributed by atoms with E-state index in [1.807, 2.05) is 0 Å². The summed E-state index contributed by atoms with van der Waals surface area (Å²) in [6.45, 7) is -0.369. The number of esters is 1. The van der Waals surface area contributed by atoms with Crippen LogP contribution in [0.15, 0.2) is 29.4 Å². The third-order valence-corrected chi connectivity index (χ3v) is 3.28. The lowest BCUT2D eigenvalue weighted by Gasteiger charge is -2.09. The fourth-order valence-corrected chi connectivity index (χ4v) is 2.28. The topological polar surface area (TPSA) is 76.6 Å². The van der Waals surface area contributed by atoms with Crippen LogP contribution in [0.25, 0.3) is 6.08 Å². The van der Waals surface area contributed by atoms with Gasteiger partial charge in [0.15, 0.2) is 0 Å². The predicted molar refractivity (Wildman–Crippen MR) is 68.9 cm³/mol. The highest BCUT2D eigenvalue weighted by Gasteiger charge is 2.36. The Balaban J connectivity index is 2.18. The van der Waals surface area contributed by atoms with Gasteiger partial charge in [-0.15, -0.1) is 0 Å². The van der Waals surface area contributed by atoms with Crippen LogP contribution in [0.3, 0.4) is 0 Å². The number of hydrogen-bond donors (Lipinski definition) is 0. The average Bonchev–Trinajstić information content (AvgIpc) is 2.67. The summed E-state index contributed by atoms with van der Waals surface area (Å²) >= 11 is 0.792. The highest BCUT2D eigenvalue weighted by molar-refractivity contribution is 8.18. The first-order valence-electron chi connectivity index (χ1n) is 5.34. The van der Waals surface area contributed by atoms with Gasteiger partial charge >= 0.3 is 5.97 Å². The van der Waals surface area contributed by atoms with Gasteiger partial charge in [-0.05, 0) is 29.5 Å². The van der Waals surface area contributed by atoms with Crippen molar-refractivity contribution in [3.8, 4) is 0 Å². The molecule has 1 aromatic heterocycles. The molecule has 0 spiro atoms. The third-order valence-electron chi connectivity index (χ3n) is 2.37. The van der Waals surface area contributed by atoms with E-state index in [0.29, 0.717) is 5.56 Å². The van der Waals surface area contributed by atoms with E-state index in [4.69, 9.17) is 0 Å². The molecule has 98 valence electrons. The lowest BCUT2D eigenvalue weighted by atomic mass is 10.2.